The number of carboxylic acid groups (broad SMARTS) is 1. The second-order valence-corrected chi connectivity index (χ2v) is 8.34. The molecule has 0 aromatic heterocycles. The van der Waals surface area contributed by atoms with Gasteiger partial charge in [-0.05, 0) is 0 Å². The van der Waals surface area contributed by atoms with Gasteiger partial charge in [-0.25, -0.2) is 4.79 Å². The van der Waals surface area contributed by atoms with E-state index in [1.54, 1.807) is 0 Å². The number of ether oxygens (including phenoxy) is 12. The van der Waals surface area contributed by atoms with Gasteiger partial charge in [0.05, 0.1) is 172 Å². The zero-order valence-electron chi connectivity index (χ0n) is 26.8. The summed E-state index contributed by atoms with van der Waals surface area (Å²) in [4.78, 5) is 9.25. The van der Waals surface area contributed by atoms with E-state index in [0.717, 1.165) is 6.08 Å². The predicted octanol–water partition coefficient (Wildman–Crippen LogP) is -0.573. The second kappa shape index (κ2) is 44.8. The van der Waals surface area contributed by atoms with Crippen LogP contribution in [-0.4, -0.2) is 193 Å². The molecule has 45 heavy (non-hydrogen) atoms. The first kappa shape index (κ1) is 45.8. The van der Waals surface area contributed by atoms with Crippen LogP contribution in [0.1, 0.15) is 0 Å². The van der Waals surface area contributed by atoms with Crippen molar-refractivity contribution in [2.75, 3.05) is 172 Å². The van der Waals surface area contributed by atoms with Crippen LogP contribution in [0.2, 0.25) is 0 Å². The number of hydrogen-bond donors (Lipinski definition) is 3. The Hall–Kier alpha value is -1.35. The summed E-state index contributed by atoms with van der Waals surface area (Å²) in [5.41, 5.74) is 0. The topological polar surface area (TPSA) is 189 Å². The maximum atomic E-state index is 9.25. The van der Waals surface area contributed by atoms with Crippen LogP contribution in [-0.2, 0) is 61.6 Å². The van der Waals surface area contributed by atoms with E-state index >= 15 is 0 Å². The minimum atomic E-state index is -0.981. The van der Waals surface area contributed by atoms with E-state index in [1.165, 1.54) is 0 Å². The first-order chi connectivity index (χ1) is 22.2. The van der Waals surface area contributed by atoms with Crippen molar-refractivity contribution < 1.29 is 77.0 Å². The summed E-state index contributed by atoms with van der Waals surface area (Å²) < 4.78 is 64.2. The molecule has 16 nitrogen and oxygen atoms in total. The van der Waals surface area contributed by atoms with Crippen molar-refractivity contribution in [3.63, 3.8) is 0 Å². The largest absolute Gasteiger partial charge is 0.478 e. The molecule has 0 amide bonds. The molecule has 3 N–H and O–H groups in total. The van der Waals surface area contributed by atoms with Crippen molar-refractivity contribution in [3.8, 4) is 0 Å². The predicted molar refractivity (Wildman–Crippen MR) is 162 cm³/mol. The number of aliphatic hydroxyl groups is 2. The van der Waals surface area contributed by atoms with Crippen LogP contribution in [0.4, 0.5) is 0 Å². The molecular formula is C29H58O16. The van der Waals surface area contributed by atoms with Gasteiger partial charge in [-0.1, -0.05) is 6.58 Å². The minimum absolute atomic E-state index is 0.0243. The molecule has 0 aliphatic carbocycles. The van der Waals surface area contributed by atoms with Crippen molar-refractivity contribution in [3.05, 3.63) is 12.7 Å². The van der Waals surface area contributed by atoms with Gasteiger partial charge in [-0.15, -0.1) is 0 Å². The number of carbonyl (C=O) groups is 1. The van der Waals surface area contributed by atoms with E-state index in [1.807, 2.05) is 0 Å². The summed E-state index contributed by atoms with van der Waals surface area (Å²) in [6.07, 6.45) is 0.833. The van der Waals surface area contributed by atoms with Crippen molar-refractivity contribution in [1.82, 2.24) is 0 Å². The number of aliphatic carboxylic acids is 1. The fraction of sp³-hybridized carbons (Fsp3) is 0.897. The van der Waals surface area contributed by atoms with E-state index in [4.69, 9.17) is 72.2 Å². The maximum Gasteiger partial charge on any atom is 0.327 e. The molecule has 0 fully saturated rings. The van der Waals surface area contributed by atoms with Crippen LogP contribution >= 0.6 is 0 Å². The van der Waals surface area contributed by atoms with Crippen LogP contribution in [0.25, 0.3) is 0 Å². The molecule has 0 unspecified atom stereocenters. The highest BCUT2D eigenvalue weighted by molar-refractivity contribution is 5.78. The Balaban J connectivity index is 0. The number of carboxylic acids is 1. The fourth-order valence-electron chi connectivity index (χ4n) is 2.65. The molecule has 0 aromatic carbocycles. The van der Waals surface area contributed by atoms with E-state index in [9.17, 15) is 4.79 Å². The maximum absolute atomic E-state index is 9.25. The van der Waals surface area contributed by atoms with Crippen molar-refractivity contribution in [2.45, 2.75) is 0 Å². The summed E-state index contributed by atoms with van der Waals surface area (Å²) in [7, 11) is 0. The Bertz CT molecular complexity index is 520. The lowest BCUT2D eigenvalue weighted by molar-refractivity contribution is -0.131. The van der Waals surface area contributed by atoms with Crippen LogP contribution in [0.5, 0.6) is 0 Å². The highest BCUT2D eigenvalue weighted by atomic mass is 16.6. The van der Waals surface area contributed by atoms with Crippen LogP contribution in [0, 0.1) is 0 Å². The molecule has 0 atom stereocenters. The molecule has 0 spiro atoms. The van der Waals surface area contributed by atoms with Gasteiger partial charge in [0, 0.05) is 6.08 Å². The van der Waals surface area contributed by atoms with Gasteiger partial charge < -0.3 is 72.2 Å². The number of aliphatic hydroxyl groups excluding tert-OH is 2. The average Bonchev–Trinajstić information content (AvgIpc) is 3.05. The molecule has 0 saturated carbocycles. The molecule has 0 heterocycles. The van der Waals surface area contributed by atoms with Crippen LogP contribution in [0.3, 0.4) is 0 Å². The fourth-order valence-corrected chi connectivity index (χ4v) is 2.65. The lowest BCUT2D eigenvalue weighted by atomic mass is 10.6. The lowest BCUT2D eigenvalue weighted by Crippen LogP contribution is -2.15. The molecule has 16 heteroatoms. The normalized spacial score (nSPS) is 11.0. The Morgan fingerprint density at radius 2 is 0.467 bits per heavy atom. The SMILES string of the molecule is C=CC(=O)O.OCCOCCOCCOCCOCCOCCOCCOCCOCCOCCOCCOCCOCCO. The van der Waals surface area contributed by atoms with Gasteiger partial charge in [0.25, 0.3) is 0 Å². The average molecular weight is 663 g/mol. The summed E-state index contributed by atoms with van der Waals surface area (Å²) in [6, 6.07) is 0. The molecule has 0 rings (SSSR count). The summed E-state index contributed by atoms with van der Waals surface area (Å²) in [6.45, 7) is 14.6. The molecule has 0 aliphatic rings. The van der Waals surface area contributed by atoms with Gasteiger partial charge in [-0.2, -0.15) is 0 Å². The Morgan fingerprint density at radius 1 is 0.356 bits per heavy atom. The van der Waals surface area contributed by atoms with E-state index < -0.39 is 5.97 Å². The van der Waals surface area contributed by atoms with Gasteiger partial charge in [-0.3, -0.25) is 0 Å². The van der Waals surface area contributed by atoms with Gasteiger partial charge in [0.2, 0.25) is 0 Å². The monoisotopic (exact) mass is 662 g/mol. The molecule has 0 aliphatic heterocycles. The van der Waals surface area contributed by atoms with Gasteiger partial charge in [0.15, 0.2) is 0 Å². The molecular weight excluding hydrogens is 604 g/mol. The third kappa shape index (κ3) is 49.7. The molecule has 270 valence electrons. The zero-order chi connectivity index (χ0) is 33.2. The number of hydrogen-bond acceptors (Lipinski definition) is 15. The van der Waals surface area contributed by atoms with Gasteiger partial charge in [0.1, 0.15) is 0 Å². The minimum Gasteiger partial charge on any atom is -0.478 e. The highest BCUT2D eigenvalue weighted by Crippen LogP contribution is 1.87. The summed E-state index contributed by atoms with van der Waals surface area (Å²) in [5.74, 6) is -0.981. The summed E-state index contributed by atoms with van der Waals surface area (Å²) in [5, 5.41) is 24.7. The lowest BCUT2D eigenvalue weighted by Gasteiger charge is -2.09. The Labute approximate surface area is 267 Å². The molecule has 0 bridgehead atoms. The summed E-state index contributed by atoms with van der Waals surface area (Å²) >= 11 is 0. The third-order valence-corrected chi connectivity index (χ3v) is 4.74. The van der Waals surface area contributed by atoms with Crippen molar-refractivity contribution in [1.29, 1.82) is 0 Å². The molecule has 0 radical (unpaired) electrons. The quantitative estimate of drug-likeness (QED) is 0.0563. The Kier molecular flexibility index (Phi) is 45.5. The highest BCUT2D eigenvalue weighted by Gasteiger charge is 1.96. The van der Waals surface area contributed by atoms with Crippen LogP contribution in [0.15, 0.2) is 12.7 Å². The van der Waals surface area contributed by atoms with E-state index in [-0.39, 0.29) is 13.2 Å². The first-order valence-corrected chi connectivity index (χ1v) is 15.2. The van der Waals surface area contributed by atoms with Gasteiger partial charge >= 0.3 is 5.97 Å². The standard InChI is InChI=1S/C26H54O14.C3H4O2/c27-1-3-29-5-7-31-9-11-33-13-15-35-17-19-37-21-23-39-25-26-40-24-22-38-20-18-36-16-14-34-12-10-32-8-6-30-4-2-28;1-2-3(4)5/h27-28H,1-26H2;2H,1H2,(H,4,5). The zero-order valence-corrected chi connectivity index (χ0v) is 26.8. The third-order valence-electron chi connectivity index (χ3n) is 4.74. The van der Waals surface area contributed by atoms with Crippen molar-refractivity contribution >= 4 is 5.97 Å². The first-order valence-electron chi connectivity index (χ1n) is 15.2. The van der Waals surface area contributed by atoms with Crippen molar-refractivity contribution in [2.24, 2.45) is 0 Å². The second-order valence-electron chi connectivity index (χ2n) is 8.34. The van der Waals surface area contributed by atoms with E-state index in [0.29, 0.717) is 159 Å². The molecule has 0 saturated heterocycles. The smallest absolute Gasteiger partial charge is 0.327 e. The Morgan fingerprint density at radius 3 is 0.556 bits per heavy atom. The molecule has 0 aromatic rings. The van der Waals surface area contributed by atoms with E-state index in [2.05, 4.69) is 6.58 Å². The number of rotatable bonds is 38. The van der Waals surface area contributed by atoms with Crippen LogP contribution < -0.4 is 0 Å².